The maximum atomic E-state index is 7.87. The van der Waals surface area contributed by atoms with Crippen molar-refractivity contribution in [2.75, 3.05) is 7.11 Å². The van der Waals surface area contributed by atoms with Crippen LogP contribution in [0, 0.1) is 0 Å². The standard InChI is InChI=1S/C13H12O/c1-14-13-9-7-12(8-10-13)11-5-3-2-4-6-11/h2-10H,1H3/i2D,3D,4D,5D,6D. The number of rotatable bonds is 2. The normalized spacial score (nSPS) is 14.8. The summed E-state index contributed by atoms with van der Waals surface area (Å²) in [4.78, 5) is 0. The maximum Gasteiger partial charge on any atom is 0.118 e. The Balaban J connectivity index is 2.67. The molecule has 2 aromatic rings. The van der Waals surface area contributed by atoms with E-state index in [0.29, 0.717) is 11.3 Å². The molecule has 0 aliphatic heterocycles. The first kappa shape index (κ1) is 4.65. The van der Waals surface area contributed by atoms with Gasteiger partial charge in [-0.15, -0.1) is 0 Å². The van der Waals surface area contributed by atoms with E-state index in [1.807, 2.05) is 0 Å². The van der Waals surface area contributed by atoms with Gasteiger partial charge >= 0.3 is 0 Å². The van der Waals surface area contributed by atoms with Crippen molar-refractivity contribution in [3.8, 4) is 16.9 Å². The van der Waals surface area contributed by atoms with Crippen LogP contribution in [-0.4, -0.2) is 7.11 Å². The third-order valence-corrected chi connectivity index (χ3v) is 1.88. The molecule has 0 aliphatic carbocycles. The van der Waals surface area contributed by atoms with Gasteiger partial charge in [0.25, 0.3) is 0 Å². The lowest BCUT2D eigenvalue weighted by Crippen LogP contribution is -1.82. The van der Waals surface area contributed by atoms with Crippen molar-refractivity contribution in [2.24, 2.45) is 0 Å². The Hall–Kier alpha value is -1.76. The molecule has 70 valence electrons. The van der Waals surface area contributed by atoms with E-state index in [1.54, 1.807) is 31.4 Å². The molecule has 0 saturated heterocycles. The number of ether oxygens (including phenoxy) is 1. The van der Waals surface area contributed by atoms with E-state index in [2.05, 4.69) is 0 Å². The Morgan fingerprint density at radius 2 is 1.57 bits per heavy atom. The molecule has 2 rings (SSSR count). The van der Waals surface area contributed by atoms with Crippen LogP contribution in [0.3, 0.4) is 0 Å². The summed E-state index contributed by atoms with van der Waals surface area (Å²) in [7, 11) is 1.54. The summed E-state index contributed by atoms with van der Waals surface area (Å²) < 4.78 is 43.6. The Labute approximate surface area is 91.0 Å². The van der Waals surface area contributed by atoms with Gasteiger partial charge in [-0.1, -0.05) is 42.3 Å². The highest BCUT2D eigenvalue weighted by molar-refractivity contribution is 5.63. The van der Waals surface area contributed by atoms with Crippen molar-refractivity contribution in [1.29, 1.82) is 0 Å². The fourth-order valence-corrected chi connectivity index (χ4v) is 1.15. The minimum absolute atomic E-state index is 0.198. The number of hydrogen-bond acceptors (Lipinski definition) is 1. The van der Waals surface area contributed by atoms with Gasteiger partial charge in [0, 0.05) is 0 Å². The molecule has 0 amide bonds. The second-order valence-electron chi connectivity index (χ2n) is 2.73. The fraction of sp³-hybridized carbons (Fsp3) is 0.0769. The minimum Gasteiger partial charge on any atom is -0.497 e. The summed E-state index contributed by atoms with van der Waals surface area (Å²) in [5.41, 5.74) is 0.770. The zero-order chi connectivity index (χ0) is 14.2. The van der Waals surface area contributed by atoms with Gasteiger partial charge in [-0.05, 0) is 23.3 Å². The summed E-state index contributed by atoms with van der Waals surface area (Å²) in [6.45, 7) is 0. The summed E-state index contributed by atoms with van der Waals surface area (Å²) in [5, 5.41) is 0. The fourth-order valence-electron chi connectivity index (χ4n) is 1.15. The Bertz CT molecular complexity index is 593. The average molecular weight is 189 g/mol. The summed E-state index contributed by atoms with van der Waals surface area (Å²) in [5.74, 6) is 0.649. The van der Waals surface area contributed by atoms with Gasteiger partial charge < -0.3 is 4.74 Å². The number of hydrogen-bond donors (Lipinski definition) is 0. The summed E-state index contributed by atoms with van der Waals surface area (Å²) in [6.07, 6.45) is 0. The highest BCUT2D eigenvalue weighted by Gasteiger charge is 1.95. The van der Waals surface area contributed by atoms with Crippen LogP contribution < -0.4 is 4.74 Å². The van der Waals surface area contributed by atoms with E-state index in [1.165, 1.54) is 0 Å². The molecule has 0 spiro atoms. The molecule has 2 aromatic carbocycles. The van der Waals surface area contributed by atoms with Crippen molar-refractivity contribution in [3.05, 3.63) is 54.5 Å². The van der Waals surface area contributed by atoms with Crippen LogP contribution in [0.2, 0.25) is 0 Å². The summed E-state index contributed by atoms with van der Waals surface area (Å²) >= 11 is 0. The molecule has 0 saturated carbocycles. The van der Waals surface area contributed by atoms with Crippen molar-refractivity contribution in [2.45, 2.75) is 0 Å². The molecule has 14 heavy (non-hydrogen) atoms. The van der Waals surface area contributed by atoms with Gasteiger partial charge in [0.1, 0.15) is 5.75 Å². The maximum absolute atomic E-state index is 7.87. The Kier molecular flexibility index (Phi) is 1.32. The van der Waals surface area contributed by atoms with Crippen molar-refractivity contribution in [3.63, 3.8) is 0 Å². The first-order chi connectivity index (χ1) is 8.97. The van der Waals surface area contributed by atoms with Gasteiger partial charge in [0.05, 0.1) is 14.0 Å². The van der Waals surface area contributed by atoms with E-state index >= 15 is 0 Å². The van der Waals surface area contributed by atoms with Crippen molar-refractivity contribution >= 4 is 0 Å². The van der Waals surface area contributed by atoms with Crippen LogP contribution in [0.25, 0.3) is 11.1 Å². The van der Waals surface area contributed by atoms with E-state index in [0.717, 1.165) is 0 Å². The van der Waals surface area contributed by atoms with Crippen LogP contribution in [-0.2, 0) is 0 Å². The predicted molar refractivity (Wildman–Crippen MR) is 58.4 cm³/mol. The predicted octanol–water partition coefficient (Wildman–Crippen LogP) is 3.36. The molecule has 0 bridgehead atoms. The second kappa shape index (κ2) is 3.97. The third-order valence-electron chi connectivity index (χ3n) is 1.88. The van der Waals surface area contributed by atoms with Crippen LogP contribution in [0.5, 0.6) is 5.75 Å². The molecule has 0 unspecified atom stereocenters. The zero-order valence-corrected chi connectivity index (χ0v) is 7.72. The van der Waals surface area contributed by atoms with Gasteiger partial charge in [-0.3, -0.25) is 0 Å². The van der Waals surface area contributed by atoms with Gasteiger partial charge in [-0.25, -0.2) is 0 Å². The molecule has 0 atom stereocenters. The molecule has 0 fully saturated rings. The molecular formula is C13H12O. The van der Waals surface area contributed by atoms with Crippen LogP contribution in [0.15, 0.2) is 54.5 Å². The van der Waals surface area contributed by atoms with Crippen LogP contribution in [0.1, 0.15) is 6.85 Å². The van der Waals surface area contributed by atoms with Crippen LogP contribution >= 0.6 is 0 Å². The minimum atomic E-state index is -0.382. The highest BCUT2D eigenvalue weighted by atomic mass is 16.5. The zero-order valence-electron chi connectivity index (χ0n) is 12.7. The largest absolute Gasteiger partial charge is 0.497 e. The average Bonchev–Trinajstić information content (AvgIpc) is 2.44. The first-order valence-electron chi connectivity index (χ1n) is 6.68. The van der Waals surface area contributed by atoms with E-state index in [-0.39, 0.29) is 35.8 Å². The SMILES string of the molecule is [2H]c1c([2H])c([2H])c(-c2ccc(OC)cc2)c([2H])c1[2H]. The van der Waals surface area contributed by atoms with Gasteiger partial charge in [0.15, 0.2) is 0 Å². The monoisotopic (exact) mass is 189 g/mol. The molecule has 1 heteroatoms. The number of methoxy groups -OCH3 is 1. The quantitative estimate of drug-likeness (QED) is 0.703. The smallest absolute Gasteiger partial charge is 0.118 e. The summed E-state index contributed by atoms with van der Waals surface area (Å²) in [6, 6.07) is 5.30. The Morgan fingerprint density at radius 1 is 0.929 bits per heavy atom. The van der Waals surface area contributed by atoms with Crippen molar-refractivity contribution < 1.29 is 11.6 Å². The molecule has 0 aromatic heterocycles. The first-order valence-corrected chi connectivity index (χ1v) is 4.18. The van der Waals surface area contributed by atoms with Crippen LogP contribution in [0.4, 0.5) is 0 Å². The molecule has 0 N–H and O–H groups in total. The lowest BCUT2D eigenvalue weighted by atomic mass is 10.1. The Morgan fingerprint density at radius 3 is 2.14 bits per heavy atom. The third kappa shape index (κ3) is 1.77. The molecule has 0 aliphatic rings. The molecular weight excluding hydrogens is 172 g/mol. The molecule has 0 heterocycles. The van der Waals surface area contributed by atoms with E-state index in [9.17, 15) is 0 Å². The lowest BCUT2D eigenvalue weighted by Gasteiger charge is -2.02. The van der Waals surface area contributed by atoms with Gasteiger partial charge in [0.2, 0.25) is 0 Å². The van der Waals surface area contributed by atoms with E-state index in [4.69, 9.17) is 11.6 Å². The molecule has 0 radical (unpaired) electrons. The lowest BCUT2D eigenvalue weighted by molar-refractivity contribution is 0.415. The van der Waals surface area contributed by atoms with E-state index < -0.39 is 0 Å². The topological polar surface area (TPSA) is 9.23 Å². The number of benzene rings is 2. The second-order valence-corrected chi connectivity index (χ2v) is 2.73. The van der Waals surface area contributed by atoms with Crippen molar-refractivity contribution in [1.82, 2.24) is 0 Å². The molecule has 1 nitrogen and oxygen atoms in total. The highest BCUT2D eigenvalue weighted by Crippen LogP contribution is 2.21. The van der Waals surface area contributed by atoms with Gasteiger partial charge in [-0.2, -0.15) is 0 Å².